The van der Waals surface area contributed by atoms with Crippen molar-refractivity contribution < 1.29 is 19.8 Å². The van der Waals surface area contributed by atoms with E-state index in [0.717, 1.165) is 0 Å². The summed E-state index contributed by atoms with van der Waals surface area (Å²) in [7, 11) is 0. The number of allylic oxidation sites excluding steroid dienone is 2. The molecule has 0 bridgehead atoms. The lowest BCUT2D eigenvalue weighted by atomic mass is 10.2. The maximum atomic E-state index is 10.8. The smallest absolute Gasteiger partial charge is 0.245 e. The van der Waals surface area contributed by atoms with Crippen molar-refractivity contribution in [2.75, 3.05) is 13.5 Å². The third-order valence-electron chi connectivity index (χ3n) is 1.55. The Kier molecular flexibility index (Phi) is 8.85. The van der Waals surface area contributed by atoms with E-state index in [2.05, 4.69) is 10.6 Å². The summed E-state index contributed by atoms with van der Waals surface area (Å²) in [6, 6.07) is 0. The monoisotopic (exact) mass is 228 g/mol. The number of carbonyl (C=O) groups excluding carboxylic acids is 2. The third-order valence-corrected chi connectivity index (χ3v) is 1.55. The van der Waals surface area contributed by atoms with Crippen LogP contribution in [-0.4, -0.2) is 35.5 Å². The highest BCUT2D eigenvalue weighted by Gasteiger charge is 1.91. The number of hydrogen-bond donors (Lipinski definition) is 4. The lowest BCUT2D eigenvalue weighted by Crippen LogP contribution is -2.21. The van der Waals surface area contributed by atoms with E-state index in [1.165, 1.54) is 12.2 Å². The minimum absolute atomic E-state index is 0.357. The minimum atomic E-state index is -0.385. The Morgan fingerprint density at radius 1 is 0.875 bits per heavy atom. The van der Waals surface area contributed by atoms with Crippen molar-refractivity contribution in [1.29, 1.82) is 0 Å². The number of hydrogen-bond acceptors (Lipinski definition) is 4. The molecule has 0 aromatic heterocycles. The summed E-state index contributed by atoms with van der Waals surface area (Å²) in [6.07, 6.45) is 7.14. The van der Waals surface area contributed by atoms with Crippen LogP contribution in [0.15, 0.2) is 24.3 Å². The quantitative estimate of drug-likeness (QED) is 0.255. The van der Waals surface area contributed by atoms with Crippen molar-refractivity contribution >= 4 is 11.8 Å². The zero-order valence-corrected chi connectivity index (χ0v) is 8.85. The van der Waals surface area contributed by atoms with E-state index in [1.54, 1.807) is 12.2 Å². The van der Waals surface area contributed by atoms with Crippen molar-refractivity contribution in [3.05, 3.63) is 24.3 Å². The van der Waals surface area contributed by atoms with Crippen molar-refractivity contribution in [3.63, 3.8) is 0 Å². The van der Waals surface area contributed by atoms with Gasteiger partial charge in [-0.15, -0.1) is 0 Å². The number of aliphatic hydroxyl groups is 2. The molecule has 0 atom stereocenters. The third kappa shape index (κ3) is 8.92. The van der Waals surface area contributed by atoms with E-state index < -0.39 is 0 Å². The normalized spacial score (nSPS) is 10.9. The number of aliphatic hydroxyl groups excluding tert-OH is 2. The lowest BCUT2D eigenvalue weighted by Gasteiger charge is -1.94. The maximum Gasteiger partial charge on any atom is 0.245 e. The summed E-state index contributed by atoms with van der Waals surface area (Å²) in [5.41, 5.74) is 0. The number of carbonyl (C=O) groups is 2. The molecule has 0 aliphatic carbocycles. The Balaban J connectivity index is 3.59. The highest BCUT2D eigenvalue weighted by atomic mass is 16.3. The molecule has 0 aliphatic rings. The second kappa shape index (κ2) is 9.88. The van der Waals surface area contributed by atoms with Gasteiger partial charge in [0.05, 0.1) is 0 Å². The summed E-state index contributed by atoms with van der Waals surface area (Å²) in [5, 5.41) is 21.1. The second-order valence-corrected chi connectivity index (χ2v) is 2.78. The molecule has 0 saturated heterocycles. The Morgan fingerprint density at radius 3 is 1.56 bits per heavy atom. The number of rotatable bonds is 7. The molecule has 0 rings (SSSR count). The van der Waals surface area contributed by atoms with E-state index in [-0.39, 0.29) is 25.3 Å². The molecule has 0 unspecified atom stereocenters. The molecule has 0 spiro atoms. The van der Waals surface area contributed by atoms with Gasteiger partial charge in [0.25, 0.3) is 0 Å². The van der Waals surface area contributed by atoms with Gasteiger partial charge in [0.1, 0.15) is 13.5 Å². The molecule has 0 aliphatic heterocycles. The van der Waals surface area contributed by atoms with Crippen molar-refractivity contribution in [3.8, 4) is 0 Å². The molecule has 16 heavy (non-hydrogen) atoms. The fraction of sp³-hybridized carbons (Fsp3) is 0.400. The van der Waals surface area contributed by atoms with Crippen LogP contribution in [0.5, 0.6) is 0 Å². The zero-order valence-electron chi connectivity index (χ0n) is 8.85. The van der Waals surface area contributed by atoms with Gasteiger partial charge in [0.2, 0.25) is 11.8 Å². The van der Waals surface area contributed by atoms with Crippen LogP contribution in [0.1, 0.15) is 12.8 Å². The van der Waals surface area contributed by atoms with Crippen molar-refractivity contribution in [1.82, 2.24) is 10.6 Å². The van der Waals surface area contributed by atoms with Gasteiger partial charge in [-0.05, 0) is 25.0 Å². The molecule has 0 aromatic rings. The molecule has 0 heterocycles. The average molecular weight is 228 g/mol. The Labute approximate surface area is 93.7 Å². The van der Waals surface area contributed by atoms with Crippen LogP contribution in [0.4, 0.5) is 0 Å². The standard InChI is InChI=1S/C10H16N2O4/c13-7-11-9(15)5-3-1-2-4-6-10(16)12-8-14/h3-6,13-14H,1-2,7-8H2,(H,11,15)(H,12,16). The van der Waals surface area contributed by atoms with E-state index in [9.17, 15) is 9.59 Å². The van der Waals surface area contributed by atoms with Gasteiger partial charge in [0.15, 0.2) is 0 Å². The highest BCUT2D eigenvalue weighted by Crippen LogP contribution is 1.92. The first-order chi connectivity index (χ1) is 7.70. The summed E-state index contributed by atoms with van der Waals surface area (Å²) in [6.45, 7) is -0.769. The van der Waals surface area contributed by atoms with Crippen molar-refractivity contribution in [2.45, 2.75) is 12.8 Å². The summed E-state index contributed by atoms with van der Waals surface area (Å²) < 4.78 is 0. The predicted molar refractivity (Wildman–Crippen MR) is 58.0 cm³/mol. The van der Waals surface area contributed by atoms with Crippen molar-refractivity contribution in [2.24, 2.45) is 0 Å². The highest BCUT2D eigenvalue weighted by molar-refractivity contribution is 5.87. The molecule has 2 amide bonds. The molecular formula is C10H16N2O4. The summed E-state index contributed by atoms with van der Waals surface area (Å²) in [5.74, 6) is -0.714. The lowest BCUT2D eigenvalue weighted by molar-refractivity contribution is -0.118. The second-order valence-electron chi connectivity index (χ2n) is 2.78. The van der Waals surface area contributed by atoms with Crippen LogP contribution in [0.2, 0.25) is 0 Å². The molecule has 0 aromatic carbocycles. The minimum Gasteiger partial charge on any atom is -0.376 e. The first kappa shape index (κ1) is 14.3. The Morgan fingerprint density at radius 2 is 1.25 bits per heavy atom. The van der Waals surface area contributed by atoms with Gasteiger partial charge in [-0.2, -0.15) is 0 Å². The molecule has 6 nitrogen and oxygen atoms in total. The van der Waals surface area contributed by atoms with Crippen LogP contribution in [0, 0.1) is 0 Å². The van der Waals surface area contributed by atoms with E-state index >= 15 is 0 Å². The first-order valence-corrected chi connectivity index (χ1v) is 4.81. The van der Waals surface area contributed by atoms with Gasteiger partial charge < -0.3 is 20.8 Å². The van der Waals surface area contributed by atoms with Crippen LogP contribution in [-0.2, 0) is 9.59 Å². The molecule has 0 saturated carbocycles. The largest absolute Gasteiger partial charge is 0.376 e. The molecule has 4 N–H and O–H groups in total. The molecule has 0 fully saturated rings. The van der Waals surface area contributed by atoms with Gasteiger partial charge in [-0.1, -0.05) is 12.2 Å². The van der Waals surface area contributed by atoms with E-state index in [1.807, 2.05) is 0 Å². The number of unbranched alkanes of at least 4 members (excludes halogenated alkanes) is 1. The fourth-order valence-electron chi connectivity index (χ4n) is 0.847. The fourth-order valence-corrected chi connectivity index (χ4v) is 0.847. The average Bonchev–Trinajstić information content (AvgIpc) is 2.24. The Bertz CT molecular complexity index is 246. The number of amides is 2. The first-order valence-electron chi connectivity index (χ1n) is 4.81. The zero-order chi connectivity index (χ0) is 12.2. The van der Waals surface area contributed by atoms with Crippen LogP contribution in [0.25, 0.3) is 0 Å². The SMILES string of the molecule is O=C(C=CCCC=CC(=O)NCO)NCO. The van der Waals surface area contributed by atoms with E-state index in [4.69, 9.17) is 10.2 Å². The van der Waals surface area contributed by atoms with Crippen LogP contribution >= 0.6 is 0 Å². The van der Waals surface area contributed by atoms with Gasteiger partial charge in [-0.3, -0.25) is 9.59 Å². The van der Waals surface area contributed by atoms with Gasteiger partial charge in [0, 0.05) is 0 Å². The molecular weight excluding hydrogens is 212 g/mol. The van der Waals surface area contributed by atoms with Crippen LogP contribution in [0.3, 0.4) is 0 Å². The molecule has 0 radical (unpaired) electrons. The van der Waals surface area contributed by atoms with Crippen LogP contribution < -0.4 is 10.6 Å². The Hall–Kier alpha value is -1.66. The molecule has 90 valence electrons. The maximum absolute atomic E-state index is 10.8. The summed E-state index contributed by atoms with van der Waals surface area (Å²) >= 11 is 0. The van der Waals surface area contributed by atoms with E-state index in [0.29, 0.717) is 12.8 Å². The van der Waals surface area contributed by atoms with Gasteiger partial charge in [-0.25, -0.2) is 0 Å². The molecule has 6 heteroatoms. The topological polar surface area (TPSA) is 98.7 Å². The van der Waals surface area contributed by atoms with Gasteiger partial charge >= 0.3 is 0 Å². The number of nitrogens with one attached hydrogen (secondary N) is 2. The summed E-state index contributed by atoms with van der Waals surface area (Å²) in [4.78, 5) is 21.6. The predicted octanol–water partition coefficient (Wildman–Crippen LogP) is -0.989.